The van der Waals surface area contributed by atoms with E-state index >= 15 is 0 Å². The highest BCUT2D eigenvalue weighted by atomic mass is 16.5. The summed E-state index contributed by atoms with van der Waals surface area (Å²) in [6.45, 7) is 0.440. The van der Waals surface area contributed by atoms with E-state index in [-0.39, 0.29) is 11.7 Å². The number of methoxy groups -OCH3 is 1. The molecule has 0 aliphatic heterocycles. The Morgan fingerprint density at radius 3 is 2.79 bits per heavy atom. The maximum Gasteiger partial charge on any atom is 0.251 e. The number of aromatic nitrogens is 1. The number of hydrogen-bond donors (Lipinski definition) is 2. The lowest BCUT2D eigenvalue weighted by Gasteiger charge is -2.08. The molecule has 2 rings (SSSR count). The summed E-state index contributed by atoms with van der Waals surface area (Å²) in [4.78, 5) is 11.9. The molecule has 0 saturated heterocycles. The Morgan fingerprint density at radius 1 is 1.42 bits per heavy atom. The number of aromatic hydroxyl groups is 1. The van der Waals surface area contributed by atoms with Gasteiger partial charge in [-0.2, -0.15) is 0 Å². The van der Waals surface area contributed by atoms with Crippen LogP contribution in [0.1, 0.15) is 16.1 Å². The molecule has 2 N–H and O–H groups in total. The number of carbonyl (C=O) groups excluding carboxylic acids is 1. The van der Waals surface area contributed by atoms with Gasteiger partial charge in [-0.3, -0.25) is 4.79 Å². The summed E-state index contributed by atoms with van der Waals surface area (Å²) in [5, 5.41) is 12.4. The lowest BCUT2D eigenvalue weighted by Crippen LogP contribution is -2.23. The Hall–Kier alpha value is -2.43. The zero-order chi connectivity index (χ0) is 13.8. The van der Waals surface area contributed by atoms with Gasteiger partial charge in [0, 0.05) is 24.5 Å². The van der Waals surface area contributed by atoms with Crippen molar-refractivity contribution >= 4 is 5.91 Å². The summed E-state index contributed by atoms with van der Waals surface area (Å²) in [6.07, 6.45) is 1.92. The molecule has 1 amide bonds. The smallest absolute Gasteiger partial charge is 0.251 e. The van der Waals surface area contributed by atoms with Gasteiger partial charge in [0.25, 0.3) is 5.91 Å². The van der Waals surface area contributed by atoms with Crippen molar-refractivity contribution in [3.63, 3.8) is 0 Å². The van der Waals surface area contributed by atoms with Gasteiger partial charge < -0.3 is 19.7 Å². The number of benzene rings is 1. The second kappa shape index (κ2) is 5.48. The van der Waals surface area contributed by atoms with Crippen molar-refractivity contribution in [2.45, 2.75) is 6.54 Å². The van der Waals surface area contributed by atoms with E-state index in [4.69, 9.17) is 4.74 Å². The molecule has 0 unspecified atom stereocenters. The van der Waals surface area contributed by atoms with E-state index < -0.39 is 0 Å². The molecule has 100 valence electrons. The van der Waals surface area contributed by atoms with Gasteiger partial charge in [-0.1, -0.05) is 0 Å². The largest absolute Gasteiger partial charge is 0.504 e. The number of rotatable bonds is 4. The molecule has 0 saturated carbocycles. The van der Waals surface area contributed by atoms with Gasteiger partial charge in [-0.15, -0.1) is 0 Å². The number of aryl methyl sites for hydroxylation is 1. The summed E-state index contributed by atoms with van der Waals surface area (Å²) in [5.74, 6) is 0.0622. The highest BCUT2D eigenvalue weighted by Gasteiger charge is 2.09. The van der Waals surface area contributed by atoms with E-state index in [0.29, 0.717) is 17.9 Å². The number of hydrogen-bond acceptors (Lipinski definition) is 3. The van der Waals surface area contributed by atoms with Gasteiger partial charge in [-0.25, -0.2) is 0 Å². The first kappa shape index (κ1) is 13.0. The number of nitrogens with zero attached hydrogens (tertiary/aromatic N) is 1. The second-order valence-corrected chi connectivity index (χ2v) is 4.18. The van der Waals surface area contributed by atoms with Gasteiger partial charge in [0.15, 0.2) is 11.5 Å². The highest BCUT2D eigenvalue weighted by molar-refractivity contribution is 5.94. The molecule has 0 bridgehead atoms. The number of nitrogens with one attached hydrogen (secondary N) is 1. The van der Waals surface area contributed by atoms with Crippen molar-refractivity contribution in [1.29, 1.82) is 0 Å². The molecule has 19 heavy (non-hydrogen) atoms. The third kappa shape index (κ3) is 2.88. The minimum Gasteiger partial charge on any atom is -0.504 e. The number of carbonyl (C=O) groups is 1. The number of amides is 1. The minimum absolute atomic E-state index is 0.0472. The van der Waals surface area contributed by atoms with Gasteiger partial charge >= 0.3 is 0 Å². The molecule has 0 aliphatic rings. The fourth-order valence-electron chi connectivity index (χ4n) is 1.78. The lowest BCUT2D eigenvalue weighted by atomic mass is 10.2. The van der Waals surface area contributed by atoms with Gasteiger partial charge in [0.1, 0.15) is 0 Å². The first-order valence-electron chi connectivity index (χ1n) is 5.87. The normalized spacial score (nSPS) is 10.2. The molecule has 0 radical (unpaired) electrons. The van der Waals surface area contributed by atoms with Gasteiger partial charge in [0.05, 0.1) is 13.7 Å². The first-order chi connectivity index (χ1) is 9.11. The van der Waals surface area contributed by atoms with Crippen molar-refractivity contribution in [3.8, 4) is 11.5 Å². The fourth-order valence-corrected chi connectivity index (χ4v) is 1.78. The van der Waals surface area contributed by atoms with Crippen molar-refractivity contribution in [2.24, 2.45) is 7.05 Å². The Morgan fingerprint density at radius 2 is 2.21 bits per heavy atom. The quantitative estimate of drug-likeness (QED) is 0.879. The second-order valence-electron chi connectivity index (χ2n) is 4.18. The molecule has 1 aromatic heterocycles. The van der Waals surface area contributed by atoms with Gasteiger partial charge in [0.2, 0.25) is 0 Å². The molecule has 1 aromatic carbocycles. The summed E-state index contributed by atoms with van der Waals surface area (Å²) in [6, 6.07) is 8.41. The summed E-state index contributed by atoms with van der Waals surface area (Å²) < 4.78 is 6.87. The molecule has 1 heterocycles. The van der Waals surface area contributed by atoms with Crippen molar-refractivity contribution in [1.82, 2.24) is 9.88 Å². The summed E-state index contributed by atoms with van der Waals surface area (Å²) in [5.41, 5.74) is 1.40. The first-order valence-corrected chi connectivity index (χ1v) is 5.87. The number of ether oxygens (including phenoxy) is 1. The van der Waals surface area contributed by atoms with Crippen LogP contribution in [-0.2, 0) is 13.6 Å². The molecule has 5 nitrogen and oxygen atoms in total. The molecule has 0 spiro atoms. The third-order valence-corrected chi connectivity index (χ3v) is 2.92. The Balaban J connectivity index is 2.04. The summed E-state index contributed by atoms with van der Waals surface area (Å²) >= 11 is 0. The van der Waals surface area contributed by atoms with Crippen LogP contribution in [0.5, 0.6) is 11.5 Å². The van der Waals surface area contributed by atoms with Crippen LogP contribution in [0.4, 0.5) is 0 Å². The maximum absolute atomic E-state index is 11.9. The lowest BCUT2D eigenvalue weighted by molar-refractivity contribution is 0.0949. The van der Waals surface area contributed by atoms with E-state index in [2.05, 4.69) is 5.32 Å². The SMILES string of the molecule is COc1ccc(C(=O)NCc2cccn2C)cc1O. The molecule has 0 aliphatic carbocycles. The predicted octanol–water partition coefficient (Wildman–Crippen LogP) is 1.67. The molecule has 0 atom stereocenters. The molecule has 0 fully saturated rings. The zero-order valence-corrected chi connectivity index (χ0v) is 10.9. The van der Waals surface area contributed by atoms with E-state index in [9.17, 15) is 9.90 Å². The van der Waals surface area contributed by atoms with E-state index in [1.165, 1.54) is 13.2 Å². The van der Waals surface area contributed by atoms with Crippen LogP contribution in [0, 0.1) is 0 Å². The zero-order valence-electron chi connectivity index (χ0n) is 10.9. The van der Waals surface area contributed by atoms with Crippen LogP contribution < -0.4 is 10.1 Å². The molecular weight excluding hydrogens is 244 g/mol. The maximum atomic E-state index is 11.9. The average Bonchev–Trinajstić information content (AvgIpc) is 2.81. The number of phenolic OH excluding ortho intramolecular Hbond substituents is 1. The van der Waals surface area contributed by atoms with Crippen molar-refractivity contribution in [3.05, 3.63) is 47.8 Å². The fraction of sp³-hybridized carbons (Fsp3) is 0.214. The van der Waals surface area contributed by atoms with Crippen LogP contribution in [-0.4, -0.2) is 22.7 Å². The molecule has 2 aromatic rings. The van der Waals surface area contributed by atoms with Crippen molar-refractivity contribution in [2.75, 3.05) is 7.11 Å². The predicted molar refractivity (Wildman–Crippen MR) is 71.2 cm³/mol. The van der Waals surface area contributed by atoms with Crippen LogP contribution in [0.15, 0.2) is 36.5 Å². The Kier molecular flexibility index (Phi) is 3.75. The molecular formula is C14H16N2O3. The third-order valence-electron chi connectivity index (χ3n) is 2.92. The van der Waals surface area contributed by atoms with Crippen LogP contribution in [0.25, 0.3) is 0 Å². The van der Waals surface area contributed by atoms with Crippen LogP contribution >= 0.6 is 0 Å². The number of phenols is 1. The highest BCUT2D eigenvalue weighted by Crippen LogP contribution is 2.26. The van der Waals surface area contributed by atoms with Crippen LogP contribution in [0.3, 0.4) is 0 Å². The molecule has 5 heteroatoms. The topological polar surface area (TPSA) is 63.5 Å². The Bertz CT molecular complexity index is 590. The average molecular weight is 260 g/mol. The van der Waals surface area contributed by atoms with Crippen molar-refractivity contribution < 1.29 is 14.6 Å². The van der Waals surface area contributed by atoms with Crippen LogP contribution in [0.2, 0.25) is 0 Å². The Labute approximate surface area is 111 Å². The monoisotopic (exact) mass is 260 g/mol. The van der Waals surface area contributed by atoms with E-state index in [1.54, 1.807) is 12.1 Å². The van der Waals surface area contributed by atoms with E-state index in [0.717, 1.165) is 5.69 Å². The summed E-state index contributed by atoms with van der Waals surface area (Å²) in [7, 11) is 3.38. The van der Waals surface area contributed by atoms with E-state index in [1.807, 2.05) is 29.9 Å². The minimum atomic E-state index is -0.237. The standard InChI is InChI=1S/C14H16N2O3/c1-16-7-3-4-11(16)9-15-14(18)10-5-6-13(19-2)12(17)8-10/h3-8,17H,9H2,1-2H3,(H,15,18). The van der Waals surface area contributed by atoms with Gasteiger partial charge in [-0.05, 0) is 30.3 Å².